The Labute approximate surface area is 220 Å². The number of nitrogens with one attached hydrogen (secondary N) is 1. The molecule has 0 saturated carbocycles. The third-order valence-electron chi connectivity index (χ3n) is 6.43. The molecule has 0 spiro atoms. The predicted molar refractivity (Wildman–Crippen MR) is 144 cm³/mol. The minimum absolute atomic E-state index is 0.117. The van der Waals surface area contributed by atoms with Crippen LogP contribution in [0, 0.1) is 0 Å². The van der Waals surface area contributed by atoms with Gasteiger partial charge in [0.05, 0.1) is 24.5 Å². The van der Waals surface area contributed by atoms with Crippen LogP contribution in [0.15, 0.2) is 77.7 Å². The molecule has 9 heteroatoms. The highest BCUT2D eigenvalue weighted by Gasteiger charge is 2.19. The van der Waals surface area contributed by atoms with Crippen LogP contribution < -0.4 is 5.69 Å². The minimum atomic E-state index is -0.117. The molecule has 37 heavy (non-hydrogen) atoms. The van der Waals surface area contributed by atoms with Gasteiger partial charge in [-0.3, -0.25) is 14.1 Å². The van der Waals surface area contributed by atoms with Gasteiger partial charge in [0.15, 0.2) is 0 Å². The van der Waals surface area contributed by atoms with Crippen LogP contribution in [0.4, 0.5) is 0 Å². The molecule has 0 atom stereocenters. The SMILES string of the molecule is CCCCCc1c(Cl)n(Cc2ccccc2)c(=O)n1Cc1ccc(-c2ccccc2-c2nn[nH]n2)cn1. The third-order valence-corrected chi connectivity index (χ3v) is 6.85. The smallest absolute Gasteiger partial charge is 0.289 e. The van der Waals surface area contributed by atoms with Crippen LogP contribution in [0.1, 0.15) is 43.1 Å². The molecule has 188 valence electrons. The van der Waals surface area contributed by atoms with E-state index < -0.39 is 0 Å². The van der Waals surface area contributed by atoms with Gasteiger partial charge in [0.2, 0.25) is 5.82 Å². The van der Waals surface area contributed by atoms with Crippen LogP contribution in [0.2, 0.25) is 5.15 Å². The lowest BCUT2D eigenvalue weighted by Gasteiger charge is -2.09. The summed E-state index contributed by atoms with van der Waals surface area (Å²) in [7, 11) is 0. The summed E-state index contributed by atoms with van der Waals surface area (Å²) in [5.74, 6) is 0.525. The number of benzene rings is 2. The molecule has 5 rings (SSSR count). The Kier molecular flexibility index (Phi) is 7.56. The van der Waals surface area contributed by atoms with Crippen molar-refractivity contribution in [2.75, 3.05) is 0 Å². The lowest BCUT2D eigenvalue weighted by atomic mass is 10.0. The number of aromatic nitrogens is 7. The maximum absolute atomic E-state index is 13.5. The lowest BCUT2D eigenvalue weighted by Crippen LogP contribution is -2.26. The number of nitrogens with zero attached hydrogens (tertiary/aromatic N) is 6. The highest BCUT2D eigenvalue weighted by molar-refractivity contribution is 6.30. The molecule has 2 aromatic carbocycles. The summed E-state index contributed by atoms with van der Waals surface area (Å²) < 4.78 is 3.43. The highest BCUT2D eigenvalue weighted by atomic mass is 35.5. The first-order chi connectivity index (χ1) is 18.2. The fraction of sp³-hybridized carbons (Fsp3) is 0.250. The Bertz CT molecular complexity index is 1510. The summed E-state index contributed by atoms with van der Waals surface area (Å²) >= 11 is 6.80. The number of tetrazole rings is 1. The highest BCUT2D eigenvalue weighted by Crippen LogP contribution is 2.29. The summed E-state index contributed by atoms with van der Waals surface area (Å²) in [4.78, 5) is 18.2. The Morgan fingerprint density at radius 1 is 0.892 bits per heavy atom. The lowest BCUT2D eigenvalue weighted by molar-refractivity contribution is 0.636. The summed E-state index contributed by atoms with van der Waals surface area (Å²) in [5.41, 5.74) is 5.32. The van der Waals surface area contributed by atoms with E-state index in [-0.39, 0.29) is 5.69 Å². The van der Waals surface area contributed by atoms with Crippen molar-refractivity contribution in [2.45, 2.75) is 45.7 Å². The van der Waals surface area contributed by atoms with E-state index in [1.807, 2.05) is 72.9 Å². The zero-order valence-electron chi connectivity index (χ0n) is 20.6. The van der Waals surface area contributed by atoms with Gasteiger partial charge in [-0.05, 0) is 35.2 Å². The summed E-state index contributed by atoms with van der Waals surface area (Å²) in [6.07, 6.45) is 5.73. The van der Waals surface area contributed by atoms with E-state index in [2.05, 4.69) is 27.5 Å². The van der Waals surface area contributed by atoms with Crippen molar-refractivity contribution >= 4 is 11.6 Å². The van der Waals surface area contributed by atoms with E-state index in [0.29, 0.717) is 24.1 Å². The molecular weight excluding hydrogens is 486 g/mol. The molecule has 1 N–H and O–H groups in total. The second-order valence-electron chi connectivity index (χ2n) is 8.95. The molecule has 0 aliphatic carbocycles. The van der Waals surface area contributed by atoms with Crippen LogP contribution in [0.3, 0.4) is 0 Å². The monoisotopic (exact) mass is 513 g/mol. The molecule has 0 amide bonds. The molecule has 0 fully saturated rings. The van der Waals surface area contributed by atoms with E-state index in [9.17, 15) is 4.79 Å². The topological polar surface area (TPSA) is 94.3 Å². The van der Waals surface area contributed by atoms with Crippen molar-refractivity contribution in [3.63, 3.8) is 0 Å². The number of hydrogen-bond donors (Lipinski definition) is 1. The molecule has 3 heterocycles. The summed E-state index contributed by atoms with van der Waals surface area (Å²) in [6, 6.07) is 21.7. The molecule has 0 aliphatic heterocycles. The van der Waals surface area contributed by atoms with Crippen molar-refractivity contribution < 1.29 is 0 Å². The largest absolute Gasteiger partial charge is 0.330 e. The maximum Gasteiger partial charge on any atom is 0.330 e. The predicted octanol–water partition coefficient (Wildman–Crippen LogP) is 5.37. The first-order valence-electron chi connectivity index (χ1n) is 12.5. The summed E-state index contributed by atoms with van der Waals surface area (Å²) in [5, 5.41) is 14.9. The van der Waals surface area contributed by atoms with Gasteiger partial charge in [0.25, 0.3) is 0 Å². The second kappa shape index (κ2) is 11.3. The second-order valence-corrected chi connectivity index (χ2v) is 9.31. The Morgan fingerprint density at radius 3 is 2.38 bits per heavy atom. The van der Waals surface area contributed by atoms with Crippen LogP contribution in [0.25, 0.3) is 22.5 Å². The fourth-order valence-electron chi connectivity index (χ4n) is 4.50. The minimum Gasteiger partial charge on any atom is -0.289 e. The average Bonchev–Trinajstić information content (AvgIpc) is 3.55. The number of imidazole rings is 1. The van der Waals surface area contributed by atoms with Gasteiger partial charge in [-0.15, -0.1) is 10.2 Å². The maximum atomic E-state index is 13.5. The molecule has 0 radical (unpaired) electrons. The zero-order valence-corrected chi connectivity index (χ0v) is 21.4. The van der Waals surface area contributed by atoms with Crippen LogP contribution in [-0.2, 0) is 19.5 Å². The van der Waals surface area contributed by atoms with E-state index >= 15 is 0 Å². The van der Waals surface area contributed by atoms with Gasteiger partial charge in [-0.2, -0.15) is 5.21 Å². The number of rotatable bonds is 10. The Balaban J connectivity index is 1.45. The molecule has 0 saturated heterocycles. The van der Waals surface area contributed by atoms with Crippen molar-refractivity contribution in [1.29, 1.82) is 0 Å². The van der Waals surface area contributed by atoms with Gasteiger partial charge in [0, 0.05) is 17.3 Å². The Hall–Kier alpha value is -4.04. The quantitative estimate of drug-likeness (QED) is 0.253. The Morgan fingerprint density at radius 2 is 1.68 bits per heavy atom. The molecular formula is C28H28ClN7O. The van der Waals surface area contributed by atoms with Gasteiger partial charge in [0.1, 0.15) is 5.15 Å². The first kappa shape index (κ1) is 24.6. The molecule has 8 nitrogen and oxygen atoms in total. The van der Waals surface area contributed by atoms with Crippen LogP contribution in [-0.4, -0.2) is 34.7 Å². The van der Waals surface area contributed by atoms with E-state index in [1.54, 1.807) is 9.13 Å². The first-order valence-corrected chi connectivity index (χ1v) is 12.8. The van der Waals surface area contributed by atoms with E-state index in [1.165, 1.54) is 0 Å². The molecule has 0 unspecified atom stereocenters. The number of aromatic amines is 1. The molecule has 5 aromatic rings. The van der Waals surface area contributed by atoms with Crippen molar-refractivity contribution in [3.05, 3.63) is 106 Å². The van der Waals surface area contributed by atoms with E-state index in [4.69, 9.17) is 16.6 Å². The fourth-order valence-corrected chi connectivity index (χ4v) is 4.83. The standard InChI is InChI=1S/C28H28ClN7O/c1-2-3-5-14-25-26(29)36(18-20-10-6-4-7-11-20)28(37)35(25)19-22-16-15-21(17-30-22)23-12-8-9-13-24(23)27-31-33-34-32-27/h4,6-13,15-17H,2-3,5,14,18-19H2,1H3,(H,31,32,33,34). The number of unbranched alkanes of at least 4 members (excludes halogenated alkanes) is 2. The van der Waals surface area contributed by atoms with Gasteiger partial charge in [-0.1, -0.05) is 92.0 Å². The van der Waals surface area contributed by atoms with Gasteiger partial charge in [-0.25, -0.2) is 4.79 Å². The van der Waals surface area contributed by atoms with E-state index in [0.717, 1.165) is 59.3 Å². The van der Waals surface area contributed by atoms with Crippen molar-refractivity contribution in [1.82, 2.24) is 34.7 Å². The number of pyridine rings is 1. The zero-order chi connectivity index (χ0) is 25.6. The third kappa shape index (κ3) is 5.39. The molecule has 0 aliphatic rings. The van der Waals surface area contributed by atoms with Crippen molar-refractivity contribution in [2.24, 2.45) is 0 Å². The molecule has 3 aromatic heterocycles. The van der Waals surface area contributed by atoms with Crippen LogP contribution >= 0.6 is 11.6 Å². The number of hydrogen-bond acceptors (Lipinski definition) is 5. The van der Waals surface area contributed by atoms with Gasteiger partial charge < -0.3 is 0 Å². The average molecular weight is 514 g/mol. The number of halogens is 1. The van der Waals surface area contributed by atoms with Crippen molar-refractivity contribution in [3.8, 4) is 22.5 Å². The van der Waals surface area contributed by atoms with Crippen LogP contribution in [0.5, 0.6) is 0 Å². The normalized spacial score (nSPS) is 11.2. The number of H-pyrrole nitrogens is 1. The van der Waals surface area contributed by atoms with Gasteiger partial charge >= 0.3 is 5.69 Å². The molecule has 0 bridgehead atoms. The summed E-state index contributed by atoms with van der Waals surface area (Å²) in [6.45, 7) is 2.96.